The van der Waals surface area contributed by atoms with Crippen LogP contribution in [-0.2, 0) is 20.9 Å². The van der Waals surface area contributed by atoms with Gasteiger partial charge in [-0.25, -0.2) is 4.79 Å². The van der Waals surface area contributed by atoms with Crippen LogP contribution in [0.15, 0.2) is 40.9 Å². The average molecular weight is 358 g/mol. The standard InChI is InChI=1S/C18H18N2O4S/c1-18-8-7-16(21)20(18)14(11-25-18)17(22)23-10-13-9-15(24-19-13)12-5-3-2-4-6-12/h2-6,9,14H,7-8,10-11H2,1H3/t14-,18+/m1/s1. The van der Waals surface area contributed by atoms with Gasteiger partial charge in [0.25, 0.3) is 0 Å². The highest BCUT2D eigenvalue weighted by Gasteiger charge is 2.53. The van der Waals surface area contributed by atoms with Crippen LogP contribution in [0.3, 0.4) is 0 Å². The van der Waals surface area contributed by atoms with Crippen molar-refractivity contribution in [1.82, 2.24) is 10.1 Å². The van der Waals surface area contributed by atoms with Crippen LogP contribution in [0, 0.1) is 0 Å². The fourth-order valence-electron chi connectivity index (χ4n) is 3.35. The predicted molar refractivity (Wildman–Crippen MR) is 92.5 cm³/mol. The number of esters is 1. The molecule has 130 valence electrons. The molecule has 2 aromatic rings. The first kappa shape index (κ1) is 16.2. The van der Waals surface area contributed by atoms with E-state index in [2.05, 4.69) is 5.16 Å². The van der Waals surface area contributed by atoms with E-state index in [0.29, 0.717) is 23.6 Å². The highest BCUT2D eigenvalue weighted by Crippen LogP contribution is 2.47. The molecule has 0 bridgehead atoms. The number of hydrogen-bond acceptors (Lipinski definition) is 6. The van der Waals surface area contributed by atoms with Crippen LogP contribution < -0.4 is 0 Å². The molecule has 2 saturated heterocycles. The van der Waals surface area contributed by atoms with Crippen LogP contribution >= 0.6 is 11.8 Å². The maximum Gasteiger partial charge on any atom is 0.330 e. The molecule has 0 N–H and O–H groups in total. The van der Waals surface area contributed by atoms with Gasteiger partial charge in [-0.05, 0) is 13.3 Å². The molecular formula is C18H18N2O4S. The lowest BCUT2D eigenvalue weighted by atomic mass is 10.2. The first-order valence-corrected chi connectivity index (χ1v) is 9.19. The molecule has 0 aliphatic carbocycles. The van der Waals surface area contributed by atoms with Crippen molar-refractivity contribution in [2.75, 3.05) is 5.75 Å². The molecule has 0 spiro atoms. The van der Waals surface area contributed by atoms with E-state index in [9.17, 15) is 9.59 Å². The normalized spacial score (nSPS) is 25.2. The van der Waals surface area contributed by atoms with Crippen molar-refractivity contribution in [1.29, 1.82) is 0 Å². The zero-order valence-electron chi connectivity index (χ0n) is 13.8. The highest BCUT2D eigenvalue weighted by molar-refractivity contribution is 8.01. The van der Waals surface area contributed by atoms with Crippen molar-refractivity contribution in [3.8, 4) is 11.3 Å². The Kier molecular flexibility index (Phi) is 4.03. The molecule has 3 heterocycles. The Bertz CT molecular complexity index is 806. The summed E-state index contributed by atoms with van der Waals surface area (Å²) in [6.07, 6.45) is 1.28. The Morgan fingerprint density at radius 1 is 1.44 bits per heavy atom. The van der Waals surface area contributed by atoms with Crippen LogP contribution in [0.25, 0.3) is 11.3 Å². The van der Waals surface area contributed by atoms with Crippen molar-refractivity contribution in [2.24, 2.45) is 0 Å². The van der Waals surface area contributed by atoms with Crippen molar-refractivity contribution in [3.63, 3.8) is 0 Å². The molecule has 2 fully saturated rings. The Hall–Kier alpha value is -2.28. The molecule has 0 radical (unpaired) electrons. The topological polar surface area (TPSA) is 72.6 Å². The third kappa shape index (κ3) is 2.93. The lowest BCUT2D eigenvalue weighted by molar-refractivity contribution is -0.154. The Balaban J connectivity index is 1.40. The Labute approximate surface area is 149 Å². The van der Waals surface area contributed by atoms with Crippen LogP contribution in [0.1, 0.15) is 25.5 Å². The molecule has 4 rings (SSSR count). The molecular weight excluding hydrogens is 340 g/mol. The summed E-state index contributed by atoms with van der Waals surface area (Å²) >= 11 is 1.65. The van der Waals surface area contributed by atoms with E-state index in [1.807, 2.05) is 37.3 Å². The molecule has 0 unspecified atom stereocenters. The molecule has 2 atom stereocenters. The lowest BCUT2D eigenvalue weighted by Gasteiger charge is -2.29. The van der Waals surface area contributed by atoms with E-state index in [0.717, 1.165) is 12.0 Å². The number of benzene rings is 1. The zero-order valence-corrected chi connectivity index (χ0v) is 14.6. The summed E-state index contributed by atoms with van der Waals surface area (Å²) in [5, 5.41) is 3.95. The minimum absolute atomic E-state index is 0.0299. The number of amides is 1. The number of carbonyl (C=O) groups excluding carboxylic acids is 2. The maximum atomic E-state index is 12.4. The van der Waals surface area contributed by atoms with Gasteiger partial charge in [-0.2, -0.15) is 0 Å². The van der Waals surface area contributed by atoms with Crippen molar-refractivity contribution >= 4 is 23.6 Å². The fraction of sp³-hybridized carbons (Fsp3) is 0.389. The van der Waals surface area contributed by atoms with E-state index >= 15 is 0 Å². The summed E-state index contributed by atoms with van der Waals surface area (Å²) in [4.78, 5) is 25.9. The summed E-state index contributed by atoms with van der Waals surface area (Å²) in [5.74, 6) is 0.859. The molecule has 6 nitrogen and oxygen atoms in total. The number of fused-ring (bicyclic) bond motifs is 1. The Morgan fingerprint density at radius 2 is 2.24 bits per heavy atom. The van der Waals surface area contributed by atoms with Gasteiger partial charge in [0, 0.05) is 23.8 Å². The SMILES string of the molecule is C[C@]12CCC(=O)N1[C@@H](C(=O)OCc1cc(-c3ccccc3)on1)CS2. The van der Waals surface area contributed by atoms with Gasteiger partial charge in [-0.3, -0.25) is 4.79 Å². The van der Waals surface area contributed by atoms with E-state index in [1.54, 1.807) is 22.7 Å². The summed E-state index contributed by atoms with van der Waals surface area (Å²) in [6, 6.07) is 10.9. The summed E-state index contributed by atoms with van der Waals surface area (Å²) < 4.78 is 10.7. The number of nitrogens with zero attached hydrogens (tertiary/aromatic N) is 2. The summed E-state index contributed by atoms with van der Waals surface area (Å²) in [6.45, 7) is 2.05. The van der Waals surface area contributed by atoms with Gasteiger partial charge in [0.1, 0.15) is 18.3 Å². The van der Waals surface area contributed by atoms with Gasteiger partial charge < -0.3 is 14.2 Å². The van der Waals surface area contributed by atoms with Crippen molar-refractivity contribution < 1.29 is 18.8 Å². The first-order chi connectivity index (χ1) is 12.1. The predicted octanol–water partition coefficient (Wildman–Crippen LogP) is 2.84. The molecule has 7 heteroatoms. The number of hydrogen-bond donors (Lipinski definition) is 0. The van der Waals surface area contributed by atoms with Crippen LogP contribution in [-0.4, -0.2) is 38.6 Å². The minimum Gasteiger partial charge on any atom is -0.457 e. The number of thioether (sulfide) groups is 1. The van der Waals surface area contributed by atoms with Gasteiger partial charge in [0.05, 0.1) is 4.87 Å². The average Bonchev–Trinajstić information content (AvgIpc) is 3.30. The molecule has 25 heavy (non-hydrogen) atoms. The number of rotatable bonds is 4. The van der Waals surface area contributed by atoms with Gasteiger partial charge in [0.15, 0.2) is 5.76 Å². The molecule has 0 saturated carbocycles. The third-order valence-electron chi connectivity index (χ3n) is 4.70. The van der Waals surface area contributed by atoms with Gasteiger partial charge in [0.2, 0.25) is 5.91 Å². The molecule has 1 aromatic carbocycles. The lowest BCUT2D eigenvalue weighted by Crippen LogP contribution is -2.46. The van der Waals surface area contributed by atoms with Gasteiger partial charge >= 0.3 is 5.97 Å². The van der Waals surface area contributed by atoms with Gasteiger partial charge in [-0.1, -0.05) is 35.5 Å². The smallest absolute Gasteiger partial charge is 0.330 e. The van der Waals surface area contributed by atoms with E-state index in [1.165, 1.54) is 0 Å². The highest BCUT2D eigenvalue weighted by atomic mass is 32.2. The minimum atomic E-state index is -0.509. The Morgan fingerprint density at radius 3 is 3.04 bits per heavy atom. The van der Waals surface area contributed by atoms with Crippen molar-refractivity contribution in [2.45, 2.75) is 37.3 Å². The second-order valence-electron chi connectivity index (χ2n) is 6.42. The van der Waals surface area contributed by atoms with Crippen LogP contribution in [0.5, 0.6) is 0 Å². The number of carbonyl (C=O) groups is 2. The molecule has 2 aliphatic rings. The molecule has 1 aromatic heterocycles. The van der Waals surface area contributed by atoms with Crippen LogP contribution in [0.4, 0.5) is 0 Å². The molecule has 2 aliphatic heterocycles. The maximum absolute atomic E-state index is 12.4. The largest absolute Gasteiger partial charge is 0.457 e. The van der Waals surface area contributed by atoms with E-state index in [4.69, 9.17) is 9.26 Å². The monoisotopic (exact) mass is 358 g/mol. The second kappa shape index (κ2) is 6.22. The van der Waals surface area contributed by atoms with E-state index < -0.39 is 6.04 Å². The summed E-state index contributed by atoms with van der Waals surface area (Å²) in [7, 11) is 0. The zero-order chi connectivity index (χ0) is 17.4. The van der Waals surface area contributed by atoms with Crippen molar-refractivity contribution in [3.05, 3.63) is 42.1 Å². The van der Waals surface area contributed by atoms with Gasteiger partial charge in [-0.15, -0.1) is 11.8 Å². The first-order valence-electron chi connectivity index (χ1n) is 8.21. The van der Waals surface area contributed by atoms with E-state index in [-0.39, 0.29) is 23.4 Å². The second-order valence-corrected chi connectivity index (χ2v) is 7.92. The molecule has 1 amide bonds. The number of ether oxygens (including phenoxy) is 1. The summed E-state index contributed by atoms with van der Waals surface area (Å²) in [5.41, 5.74) is 1.46. The number of aromatic nitrogens is 1. The van der Waals surface area contributed by atoms with Crippen LogP contribution in [0.2, 0.25) is 0 Å². The quantitative estimate of drug-likeness (QED) is 0.783. The third-order valence-corrected chi connectivity index (χ3v) is 6.20. The fourth-order valence-corrected chi connectivity index (χ4v) is 4.77.